The summed E-state index contributed by atoms with van der Waals surface area (Å²) in [5.74, 6) is 0.545. The molecule has 0 amide bonds. The molecule has 0 saturated heterocycles. The van der Waals surface area contributed by atoms with Crippen LogP contribution in [0.4, 0.5) is 0 Å². The van der Waals surface area contributed by atoms with Crippen molar-refractivity contribution in [3.63, 3.8) is 0 Å². The average Bonchev–Trinajstić information content (AvgIpc) is 3.24. The van der Waals surface area contributed by atoms with Crippen LogP contribution in [0.2, 0.25) is 0 Å². The number of fused-ring (bicyclic) bond motifs is 4. The number of halogens is 1. The lowest BCUT2D eigenvalue weighted by Gasteiger charge is -2.36. The molecule has 0 spiro atoms. The Hall–Kier alpha value is -0.710. The Bertz CT molecular complexity index is 686. The molecule has 0 radical (unpaired) electrons. The van der Waals surface area contributed by atoms with E-state index in [-0.39, 0.29) is 16.6 Å². The summed E-state index contributed by atoms with van der Waals surface area (Å²) < 4.78 is 0. The Kier molecular flexibility index (Phi) is 3.66. The van der Waals surface area contributed by atoms with Gasteiger partial charge in [0.25, 0.3) is 0 Å². The van der Waals surface area contributed by atoms with Gasteiger partial charge in [-0.2, -0.15) is 0 Å². The number of oxime groups is 1. The number of rotatable bonds is 3. The van der Waals surface area contributed by atoms with Crippen LogP contribution >= 0.6 is 15.9 Å². The zero-order valence-corrected chi connectivity index (χ0v) is 17.2. The van der Waals surface area contributed by atoms with Crippen molar-refractivity contribution in [2.45, 2.75) is 66.2 Å². The number of hydrogen-bond donors (Lipinski definition) is 0. The lowest BCUT2D eigenvalue weighted by atomic mass is 9.70. The van der Waals surface area contributed by atoms with Gasteiger partial charge in [-0.15, -0.1) is 0 Å². The molecule has 5 heteroatoms. The minimum atomic E-state index is -0.935. The highest BCUT2D eigenvalue weighted by Crippen LogP contribution is 2.65. The Morgan fingerprint density at radius 2 is 1.88 bits per heavy atom. The first kappa shape index (κ1) is 17.7. The summed E-state index contributed by atoms with van der Waals surface area (Å²) in [5, 5.41) is 5.29. The monoisotopic (exact) mass is 409 g/mol. The predicted octanol–water partition coefficient (Wildman–Crippen LogP) is 4.50. The normalized spacial score (nSPS) is 48.5. The van der Waals surface area contributed by atoms with Gasteiger partial charge in [0.2, 0.25) is 0 Å². The lowest BCUT2D eigenvalue weighted by molar-refractivity contribution is -0.161. The van der Waals surface area contributed by atoms with Crippen molar-refractivity contribution in [1.82, 2.24) is 0 Å². The van der Waals surface area contributed by atoms with Gasteiger partial charge in [0.1, 0.15) is 5.41 Å². The van der Waals surface area contributed by atoms with Gasteiger partial charge < -0.3 is 4.84 Å². The maximum atomic E-state index is 12.9. The molecule has 25 heavy (non-hydrogen) atoms. The van der Waals surface area contributed by atoms with Gasteiger partial charge in [-0.3, -0.25) is 4.79 Å². The molecule has 0 aromatic heterocycles. The third-order valence-corrected chi connectivity index (χ3v) is 9.86. The van der Waals surface area contributed by atoms with E-state index in [0.717, 1.165) is 30.3 Å². The number of Topliss-reactive ketones (excluding diaryl/α,β-unsaturated/α-hetero) is 1. The quantitative estimate of drug-likeness (QED) is 0.298. The van der Waals surface area contributed by atoms with E-state index in [2.05, 4.69) is 34.9 Å². The van der Waals surface area contributed by atoms with Crippen molar-refractivity contribution >= 4 is 33.4 Å². The molecule has 5 atom stereocenters. The van der Waals surface area contributed by atoms with Gasteiger partial charge in [0, 0.05) is 16.2 Å². The molecule has 4 saturated carbocycles. The third kappa shape index (κ3) is 1.97. The second kappa shape index (κ2) is 5.17. The molecule has 4 aliphatic rings. The number of ketones is 1. The highest BCUT2D eigenvalue weighted by molar-refractivity contribution is 9.09. The van der Waals surface area contributed by atoms with Crippen LogP contribution in [0.25, 0.3) is 0 Å². The molecule has 4 nitrogen and oxygen atoms in total. The van der Waals surface area contributed by atoms with Gasteiger partial charge in [-0.1, -0.05) is 48.8 Å². The highest BCUT2D eigenvalue weighted by atomic mass is 79.9. The molecule has 4 bridgehead atoms. The molecule has 4 aliphatic carbocycles. The summed E-state index contributed by atoms with van der Waals surface area (Å²) in [6.45, 7) is 8.51. The molecule has 0 aliphatic heterocycles. The van der Waals surface area contributed by atoms with Crippen LogP contribution < -0.4 is 0 Å². The molecule has 138 valence electrons. The van der Waals surface area contributed by atoms with E-state index in [1.54, 1.807) is 0 Å². The minimum Gasteiger partial charge on any atom is -0.317 e. The number of nitrogens with zero attached hydrogens (tertiary/aromatic N) is 1. The Labute approximate surface area is 158 Å². The van der Waals surface area contributed by atoms with Crippen LogP contribution in [0.5, 0.6) is 0 Å². The average molecular weight is 410 g/mol. The van der Waals surface area contributed by atoms with Crippen molar-refractivity contribution < 1.29 is 14.4 Å². The van der Waals surface area contributed by atoms with E-state index in [1.165, 1.54) is 6.42 Å². The molecule has 4 fully saturated rings. The zero-order valence-electron chi connectivity index (χ0n) is 15.7. The van der Waals surface area contributed by atoms with Gasteiger partial charge in [-0.25, -0.2) is 4.79 Å². The fourth-order valence-corrected chi connectivity index (χ4v) is 7.38. The zero-order chi connectivity index (χ0) is 18.3. The molecule has 4 rings (SSSR count). The maximum Gasteiger partial charge on any atom is 0.348 e. The van der Waals surface area contributed by atoms with Crippen LogP contribution in [0.15, 0.2) is 5.16 Å². The Balaban J connectivity index is 1.56. The van der Waals surface area contributed by atoms with Crippen molar-refractivity contribution in [2.75, 3.05) is 5.33 Å². The first-order chi connectivity index (χ1) is 11.6. The summed E-state index contributed by atoms with van der Waals surface area (Å²) in [4.78, 5) is 31.2. The van der Waals surface area contributed by atoms with Crippen LogP contribution in [0, 0.1) is 33.5 Å². The second-order valence-electron chi connectivity index (χ2n) is 9.81. The molecule has 0 heterocycles. The fourth-order valence-electron chi connectivity index (χ4n) is 6.30. The van der Waals surface area contributed by atoms with E-state index in [0.29, 0.717) is 24.7 Å². The SMILES string of the molecule is CC1(C)C(=O)C2(C(=O)ON=C3CC4CCC3(C)C4(C)CBr)CCC1C2. The molecular formula is C20H28BrNO3. The summed E-state index contributed by atoms with van der Waals surface area (Å²) in [6.07, 6.45) is 5.41. The largest absolute Gasteiger partial charge is 0.348 e. The van der Waals surface area contributed by atoms with E-state index in [1.807, 2.05) is 13.8 Å². The first-order valence-electron chi connectivity index (χ1n) is 9.51. The van der Waals surface area contributed by atoms with E-state index in [4.69, 9.17) is 4.84 Å². The maximum absolute atomic E-state index is 12.9. The Morgan fingerprint density at radius 1 is 1.20 bits per heavy atom. The topological polar surface area (TPSA) is 55.7 Å². The summed E-state index contributed by atoms with van der Waals surface area (Å²) >= 11 is 3.69. The number of hydrogen-bond acceptors (Lipinski definition) is 4. The minimum absolute atomic E-state index is 0.0176. The lowest BCUT2D eigenvalue weighted by Crippen LogP contribution is -2.42. The van der Waals surface area contributed by atoms with Crippen LogP contribution in [0.3, 0.4) is 0 Å². The van der Waals surface area contributed by atoms with Crippen LogP contribution in [-0.2, 0) is 14.4 Å². The van der Waals surface area contributed by atoms with Crippen LogP contribution in [0.1, 0.15) is 66.2 Å². The molecule has 0 aromatic rings. The predicted molar refractivity (Wildman–Crippen MR) is 99.4 cm³/mol. The van der Waals surface area contributed by atoms with E-state index >= 15 is 0 Å². The van der Waals surface area contributed by atoms with Gasteiger partial charge in [-0.05, 0) is 55.8 Å². The van der Waals surface area contributed by atoms with Gasteiger partial charge >= 0.3 is 5.97 Å². The second-order valence-corrected chi connectivity index (χ2v) is 10.4. The van der Waals surface area contributed by atoms with Gasteiger partial charge in [0.05, 0.1) is 5.71 Å². The smallest absolute Gasteiger partial charge is 0.317 e. The van der Waals surface area contributed by atoms with Crippen molar-refractivity contribution in [2.24, 2.45) is 38.7 Å². The number of carbonyl (C=O) groups excluding carboxylic acids is 2. The fraction of sp³-hybridized carbons (Fsp3) is 0.850. The molecule has 5 unspecified atom stereocenters. The van der Waals surface area contributed by atoms with E-state index < -0.39 is 16.8 Å². The van der Waals surface area contributed by atoms with E-state index in [9.17, 15) is 9.59 Å². The highest BCUT2D eigenvalue weighted by Gasteiger charge is 2.66. The van der Waals surface area contributed by atoms with Crippen molar-refractivity contribution in [1.29, 1.82) is 0 Å². The summed E-state index contributed by atoms with van der Waals surface area (Å²) in [5.41, 5.74) is -0.182. The summed E-state index contributed by atoms with van der Waals surface area (Å²) in [7, 11) is 0. The number of alkyl halides is 1. The van der Waals surface area contributed by atoms with Crippen LogP contribution in [-0.4, -0.2) is 22.8 Å². The Morgan fingerprint density at radius 3 is 2.44 bits per heavy atom. The summed E-state index contributed by atoms with van der Waals surface area (Å²) in [6, 6.07) is 0. The number of carbonyl (C=O) groups is 2. The van der Waals surface area contributed by atoms with Crippen molar-refractivity contribution in [3.8, 4) is 0 Å². The third-order valence-electron chi connectivity index (χ3n) is 8.69. The van der Waals surface area contributed by atoms with Gasteiger partial charge in [0.15, 0.2) is 5.78 Å². The molecule has 0 N–H and O–H groups in total. The molecule has 0 aromatic carbocycles. The standard InChI is InChI=1S/C20H28BrNO3/c1-17(2)13-6-8-20(10-13,15(17)23)16(24)25-22-14-9-12-5-7-18(14,3)19(12,4)11-21/h12-13H,5-11H2,1-4H3. The van der Waals surface area contributed by atoms with Crippen molar-refractivity contribution in [3.05, 3.63) is 0 Å². The first-order valence-corrected chi connectivity index (χ1v) is 10.6. The molecular weight excluding hydrogens is 382 g/mol.